The Bertz CT molecular complexity index is 2630. The highest BCUT2D eigenvalue weighted by Gasteiger charge is 2.66. The first-order chi connectivity index (χ1) is 37.3. The van der Waals surface area contributed by atoms with Crippen LogP contribution in [0.4, 0.5) is 27.6 Å². The van der Waals surface area contributed by atoms with Crippen molar-refractivity contribution in [2.75, 3.05) is 65.4 Å². The molecule has 3 N–H and O–H groups in total. The van der Waals surface area contributed by atoms with Gasteiger partial charge in [-0.25, -0.2) is 4.39 Å². The predicted octanol–water partition coefficient (Wildman–Crippen LogP) is 6.26. The standard InChI is InChI=1S/C55H69F5N8O10/c1-32-45(39-17-18-41(56)46(57)48(39)75-4)49(78-54(32,2)55(58,59)60)51(72)65-36-19-21-62-42(29-36)53(74)68-25-23-67(24-26-68)52(73)33-9-11-35(12-10-33)64-43(69)8-6-27-76-37-13-15-38(16-14-37)77-28-22-63-50(71)40-30-44(70)66(3)47(40)34-7-5-20-61-31-34/h5,7,17-21,29,31-33,35,37-38,40,45,47,49H,6,8-16,22-28,30H2,1-4H3,(H,63,71)(H,64,69)(H,62,65,72)/t32-,33?,35?,37?,38?,40-,45-,47+,49+,54+/m0/s1. The summed E-state index contributed by atoms with van der Waals surface area (Å²) in [5.41, 5.74) is -2.24. The molecule has 18 nitrogen and oxygen atoms in total. The van der Waals surface area contributed by atoms with Crippen LogP contribution in [-0.2, 0) is 38.2 Å². The molecule has 3 aromatic rings. The van der Waals surface area contributed by atoms with Gasteiger partial charge >= 0.3 is 6.18 Å². The predicted molar refractivity (Wildman–Crippen MR) is 271 cm³/mol. The highest BCUT2D eigenvalue weighted by molar-refractivity contribution is 5.98. The number of pyridine rings is 2. The Morgan fingerprint density at radius 1 is 0.872 bits per heavy atom. The lowest BCUT2D eigenvalue weighted by atomic mass is 9.77. The molecule has 3 aliphatic heterocycles. The van der Waals surface area contributed by atoms with E-state index in [4.69, 9.17) is 18.9 Å². The van der Waals surface area contributed by atoms with E-state index in [1.807, 2.05) is 6.07 Å². The molecule has 5 heterocycles. The van der Waals surface area contributed by atoms with Gasteiger partial charge in [0.15, 0.2) is 17.2 Å². The van der Waals surface area contributed by atoms with Gasteiger partial charge in [-0.05, 0) is 94.5 Å². The second-order valence-electron chi connectivity index (χ2n) is 21.2. The minimum atomic E-state index is -4.95. The van der Waals surface area contributed by atoms with Crippen molar-refractivity contribution in [2.45, 2.75) is 133 Å². The number of aromatic nitrogens is 2. The molecular formula is C55H69F5N8O10. The van der Waals surface area contributed by atoms with Crippen molar-refractivity contribution in [1.82, 2.24) is 35.3 Å². The maximum Gasteiger partial charge on any atom is 0.417 e. The molecule has 0 bridgehead atoms. The summed E-state index contributed by atoms with van der Waals surface area (Å²) in [7, 11) is 2.74. The fourth-order valence-corrected chi connectivity index (χ4v) is 11.7. The maximum atomic E-state index is 14.8. The van der Waals surface area contributed by atoms with Crippen molar-refractivity contribution in [2.24, 2.45) is 17.8 Å². The van der Waals surface area contributed by atoms with Crippen LogP contribution in [0.1, 0.15) is 118 Å². The normalized spacial score (nSPS) is 27.6. The number of rotatable bonds is 18. The van der Waals surface area contributed by atoms with Gasteiger partial charge in [-0.3, -0.25) is 38.7 Å². The SMILES string of the molecule is COc1c([C@H]2[C@H](C(=O)Nc3ccnc(C(=O)N4CCN(C(=O)C5CCC(NC(=O)CCCOC6CCC(OCCNC(=O)[C@H]7CC(=O)N(C)[C@@H]7c7cccnc7)CC6)CC5)CC4)c3)O[C@@](C)(C(F)(F)F)[C@H]2C)ccc(F)c1F. The molecule has 0 unspecified atom stereocenters. The van der Waals surface area contributed by atoms with Gasteiger partial charge in [0.1, 0.15) is 11.8 Å². The summed E-state index contributed by atoms with van der Waals surface area (Å²) >= 11 is 0. The summed E-state index contributed by atoms with van der Waals surface area (Å²) in [4.78, 5) is 92.6. The Kier molecular flexibility index (Phi) is 18.7. The van der Waals surface area contributed by atoms with Gasteiger partial charge < -0.3 is 49.6 Å². The molecule has 23 heteroatoms. The number of amides is 6. The number of benzene rings is 1. The van der Waals surface area contributed by atoms with Crippen LogP contribution in [0.5, 0.6) is 5.75 Å². The smallest absolute Gasteiger partial charge is 0.417 e. The number of hydrogen-bond acceptors (Lipinski definition) is 12. The van der Waals surface area contributed by atoms with Gasteiger partial charge in [0, 0.05) is 113 Å². The van der Waals surface area contributed by atoms with E-state index >= 15 is 0 Å². The molecule has 5 aliphatic rings. The van der Waals surface area contributed by atoms with Crippen molar-refractivity contribution in [3.8, 4) is 5.75 Å². The van der Waals surface area contributed by atoms with Crippen LogP contribution in [0, 0.1) is 29.4 Å². The first kappa shape index (κ1) is 57.8. The van der Waals surface area contributed by atoms with Crippen LogP contribution >= 0.6 is 0 Å². The van der Waals surface area contributed by atoms with Crippen molar-refractivity contribution >= 4 is 41.1 Å². The van der Waals surface area contributed by atoms with Gasteiger partial charge in [0.05, 0.1) is 37.9 Å². The summed E-state index contributed by atoms with van der Waals surface area (Å²) < 4.78 is 95.0. The molecule has 2 saturated carbocycles. The van der Waals surface area contributed by atoms with Gasteiger partial charge in [-0.2, -0.15) is 17.6 Å². The number of methoxy groups -OCH3 is 1. The Morgan fingerprint density at radius 2 is 1.55 bits per heavy atom. The first-order valence-electron chi connectivity index (χ1n) is 26.8. The minimum Gasteiger partial charge on any atom is -0.493 e. The second kappa shape index (κ2) is 25.2. The number of carbonyl (C=O) groups excluding carboxylic acids is 6. The minimum absolute atomic E-state index is 0.0106. The summed E-state index contributed by atoms with van der Waals surface area (Å²) in [5, 5.41) is 8.58. The van der Waals surface area contributed by atoms with E-state index in [0.29, 0.717) is 58.3 Å². The zero-order valence-corrected chi connectivity index (χ0v) is 44.3. The van der Waals surface area contributed by atoms with Gasteiger partial charge in [0.25, 0.3) is 11.8 Å². The van der Waals surface area contributed by atoms with E-state index < -0.39 is 64.8 Å². The molecular weight excluding hydrogens is 1030 g/mol. The monoisotopic (exact) mass is 1100 g/mol. The summed E-state index contributed by atoms with van der Waals surface area (Å²) in [5.74, 6) is -8.79. The molecule has 0 radical (unpaired) electrons. The third-order valence-corrected chi connectivity index (χ3v) is 16.4. The fourth-order valence-electron chi connectivity index (χ4n) is 11.7. The Balaban J connectivity index is 0.699. The second-order valence-corrected chi connectivity index (χ2v) is 21.2. The van der Waals surface area contributed by atoms with Crippen LogP contribution < -0.4 is 20.7 Å². The van der Waals surface area contributed by atoms with Crippen molar-refractivity contribution in [3.63, 3.8) is 0 Å². The Morgan fingerprint density at radius 3 is 2.21 bits per heavy atom. The highest BCUT2D eigenvalue weighted by atomic mass is 19.4. The lowest BCUT2D eigenvalue weighted by molar-refractivity contribution is -0.272. The molecule has 5 fully saturated rings. The van der Waals surface area contributed by atoms with Gasteiger partial charge in [-0.15, -0.1) is 0 Å². The molecule has 424 valence electrons. The quantitative estimate of drug-likeness (QED) is 0.0952. The zero-order valence-electron chi connectivity index (χ0n) is 44.3. The van der Waals surface area contributed by atoms with Crippen molar-refractivity contribution < 1.29 is 69.7 Å². The molecule has 8 rings (SSSR count). The summed E-state index contributed by atoms with van der Waals surface area (Å²) in [6, 6.07) is 7.71. The van der Waals surface area contributed by atoms with Gasteiger partial charge in [0.2, 0.25) is 29.4 Å². The highest BCUT2D eigenvalue weighted by Crippen LogP contribution is 2.55. The van der Waals surface area contributed by atoms with Crippen LogP contribution in [0.25, 0.3) is 0 Å². The van der Waals surface area contributed by atoms with Crippen LogP contribution in [-0.4, -0.2) is 156 Å². The first-order valence-corrected chi connectivity index (χ1v) is 26.8. The molecule has 6 amide bonds. The Labute approximate surface area is 449 Å². The van der Waals surface area contributed by atoms with Gasteiger partial charge in [-0.1, -0.05) is 19.1 Å². The molecule has 78 heavy (non-hydrogen) atoms. The summed E-state index contributed by atoms with van der Waals surface area (Å²) in [6.45, 7) is 4.14. The summed E-state index contributed by atoms with van der Waals surface area (Å²) in [6.07, 6.45) is 4.90. The Hall–Kier alpha value is -6.33. The van der Waals surface area contributed by atoms with E-state index in [1.54, 1.807) is 35.3 Å². The average Bonchev–Trinajstić information content (AvgIpc) is 3.97. The molecule has 0 spiro atoms. The maximum absolute atomic E-state index is 14.8. The van der Waals surface area contributed by atoms with Crippen molar-refractivity contribution in [3.05, 3.63) is 83.4 Å². The molecule has 2 aliphatic carbocycles. The third kappa shape index (κ3) is 13.0. The number of nitrogens with zero attached hydrogens (tertiary/aromatic N) is 5. The number of piperazine rings is 1. The lowest BCUT2D eigenvalue weighted by Crippen LogP contribution is -2.52. The number of halogens is 5. The lowest BCUT2D eigenvalue weighted by Gasteiger charge is -2.38. The zero-order chi connectivity index (χ0) is 55.9. The number of ether oxygens (including phenoxy) is 4. The number of carbonyl (C=O) groups is 6. The van der Waals surface area contributed by atoms with E-state index in [2.05, 4.69) is 25.9 Å². The van der Waals surface area contributed by atoms with E-state index in [-0.39, 0.29) is 103 Å². The van der Waals surface area contributed by atoms with Crippen LogP contribution in [0.15, 0.2) is 55.0 Å². The molecule has 2 aromatic heterocycles. The van der Waals surface area contributed by atoms with Crippen LogP contribution in [0.2, 0.25) is 0 Å². The average molecular weight is 1100 g/mol. The third-order valence-electron chi connectivity index (χ3n) is 16.4. The number of likely N-dealkylation sites (tertiary alicyclic amines) is 1. The van der Waals surface area contributed by atoms with E-state index in [9.17, 15) is 50.7 Å². The number of nitrogens with one attached hydrogen (secondary N) is 3. The fraction of sp³-hybridized carbons (Fsp3) is 0.600. The molecule has 6 atom stereocenters. The van der Waals surface area contributed by atoms with E-state index in [0.717, 1.165) is 57.4 Å². The molecule has 1 aromatic carbocycles. The number of anilines is 1. The van der Waals surface area contributed by atoms with E-state index in [1.165, 1.54) is 30.2 Å². The molecule has 3 saturated heterocycles. The number of alkyl halides is 3. The van der Waals surface area contributed by atoms with Crippen LogP contribution in [0.3, 0.4) is 0 Å². The van der Waals surface area contributed by atoms with Crippen molar-refractivity contribution in [1.29, 1.82) is 0 Å². The topological polar surface area (TPSA) is 211 Å². The largest absolute Gasteiger partial charge is 0.493 e. The number of hydrogen-bond donors (Lipinski definition) is 3.